The predicted molar refractivity (Wildman–Crippen MR) is 114 cm³/mol. The van der Waals surface area contributed by atoms with Crippen molar-refractivity contribution in [2.75, 3.05) is 26.3 Å². The number of fused-ring (bicyclic) bond motifs is 1. The van der Waals surface area contributed by atoms with Gasteiger partial charge in [0.2, 0.25) is 5.88 Å². The summed E-state index contributed by atoms with van der Waals surface area (Å²) >= 11 is 0. The molecule has 3 N–H and O–H groups in total. The minimum Gasteiger partial charge on any atom is -0.478 e. The number of morpholine rings is 1. The summed E-state index contributed by atoms with van der Waals surface area (Å²) in [5.74, 6) is -3.29. The number of ether oxygens (including phenoxy) is 2. The molecule has 1 atom stereocenters. The summed E-state index contributed by atoms with van der Waals surface area (Å²) in [5, 5.41) is 23.4. The van der Waals surface area contributed by atoms with E-state index in [0.717, 1.165) is 6.54 Å². The molecule has 3 aromatic rings. The molecule has 0 amide bonds. The number of carbonyl (C=O) groups is 2. The molecule has 2 aromatic carbocycles. The number of benzene rings is 2. The zero-order valence-corrected chi connectivity index (χ0v) is 17.3. The van der Waals surface area contributed by atoms with E-state index < -0.39 is 23.6 Å². The van der Waals surface area contributed by atoms with E-state index in [-0.39, 0.29) is 29.7 Å². The lowest BCUT2D eigenvalue weighted by molar-refractivity contribution is -0.134. The topological polar surface area (TPSA) is 123 Å². The minimum atomic E-state index is -1.26. The van der Waals surface area contributed by atoms with Crippen LogP contribution in [0.2, 0.25) is 0 Å². The number of halogens is 2. The first-order chi connectivity index (χ1) is 15.9. The van der Waals surface area contributed by atoms with Crippen LogP contribution in [0.1, 0.15) is 0 Å². The molecular weight excluding hydrogens is 440 g/mol. The molecule has 174 valence electrons. The third kappa shape index (κ3) is 6.34. The maximum atomic E-state index is 14.4. The Morgan fingerprint density at radius 2 is 1.82 bits per heavy atom. The third-order valence-electron chi connectivity index (χ3n) is 4.48. The van der Waals surface area contributed by atoms with Gasteiger partial charge in [-0.05, 0) is 24.3 Å². The summed E-state index contributed by atoms with van der Waals surface area (Å²) in [5.41, 5.74) is 0.686. The van der Waals surface area contributed by atoms with Crippen LogP contribution in [-0.4, -0.2) is 64.3 Å². The van der Waals surface area contributed by atoms with E-state index >= 15 is 0 Å². The van der Waals surface area contributed by atoms with E-state index in [0.29, 0.717) is 30.8 Å². The fourth-order valence-corrected chi connectivity index (χ4v) is 3.05. The third-order valence-corrected chi connectivity index (χ3v) is 4.48. The maximum absolute atomic E-state index is 14.4. The molecule has 0 radical (unpaired) electrons. The molecule has 4 rings (SSSR count). The molecule has 1 aliphatic rings. The molecule has 0 spiro atoms. The number of hydrogen-bond acceptors (Lipinski definition) is 6. The van der Waals surface area contributed by atoms with Crippen LogP contribution in [-0.2, 0) is 14.3 Å². The van der Waals surface area contributed by atoms with Crippen molar-refractivity contribution < 1.29 is 38.1 Å². The van der Waals surface area contributed by atoms with Gasteiger partial charge in [-0.3, -0.25) is 0 Å². The Morgan fingerprint density at radius 1 is 1.12 bits per heavy atom. The number of nitrogens with zero attached hydrogens (tertiary/aromatic N) is 2. The van der Waals surface area contributed by atoms with Crippen LogP contribution in [0.25, 0.3) is 16.6 Å². The lowest BCUT2D eigenvalue weighted by Gasteiger charge is -2.23. The standard InChI is InChI=1S/C18H17F2N3O2.C4H4O4/c19-13-4-1-2-6-15(13)23-16-7-3-5-14(20)17(16)18(22-23)25-11-12-10-21-8-9-24-12;5-3(6)1-2-4(7)8/h1-7,12,21H,8-11H2;1-2H,(H,5,6)(H,7,8)/t12-;/m0./s1. The van der Waals surface area contributed by atoms with Gasteiger partial charge in [0.1, 0.15) is 30.0 Å². The lowest BCUT2D eigenvalue weighted by Crippen LogP contribution is -2.41. The average molecular weight is 461 g/mol. The highest BCUT2D eigenvalue weighted by molar-refractivity contribution is 5.89. The van der Waals surface area contributed by atoms with Crippen LogP contribution < -0.4 is 10.1 Å². The Bertz CT molecular complexity index is 1140. The van der Waals surface area contributed by atoms with Gasteiger partial charge in [0.05, 0.1) is 17.5 Å². The monoisotopic (exact) mass is 461 g/mol. The number of nitrogens with one attached hydrogen (secondary N) is 1. The first-order valence-corrected chi connectivity index (χ1v) is 9.88. The molecule has 0 aliphatic carbocycles. The largest absolute Gasteiger partial charge is 0.478 e. The Hall–Kier alpha value is -3.83. The van der Waals surface area contributed by atoms with Crippen LogP contribution in [0.15, 0.2) is 54.6 Å². The maximum Gasteiger partial charge on any atom is 0.328 e. The molecular formula is C22H21F2N3O6. The fourth-order valence-electron chi connectivity index (χ4n) is 3.05. The molecule has 33 heavy (non-hydrogen) atoms. The smallest absolute Gasteiger partial charge is 0.328 e. The predicted octanol–water partition coefficient (Wildman–Crippen LogP) is 2.38. The van der Waals surface area contributed by atoms with E-state index in [1.165, 1.54) is 16.8 Å². The highest BCUT2D eigenvalue weighted by Gasteiger charge is 2.20. The molecule has 0 unspecified atom stereocenters. The Labute approximate surface area is 186 Å². The van der Waals surface area contributed by atoms with Crippen molar-refractivity contribution in [3.63, 3.8) is 0 Å². The highest BCUT2D eigenvalue weighted by atomic mass is 19.1. The molecule has 1 aliphatic heterocycles. The van der Waals surface area contributed by atoms with Gasteiger partial charge in [-0.15, -0.1) is 5.10 Å². The number of carboxylic acid groups (broad SMARTS) is 2. The number of rotatable bonds is 6. The average Bonchev–Trinajstić information content (AvgIpc) is 3.17. The molecule has 1 aromatic heterocycles. The first-order valence-electron chi connectivity index (χ1n) is 9.88. The van der Waals surface area contributed by atoms with Gasteiger partial charge in [-0.25, -0.2) is 23.1 Å². The van der Waals surface area contributed by atoms with Gasteiger partial charge in [0, 0.05) is 25.2 Å². The molecule has 1 fully saturated rings. The quantitative estimate of drug-likeness (QED) is 0.479. The summed E-state index contributed by atoms with van der Waals surface area (Å²) in [6.45, 7) is 2.31. The second-order valence-electron chi connectivity index (χ2n) is 6.82. The van der Waals surface area contributed by atoms with Crippen LogP contribution >= 0.6 is 0 Å². The van der Waals surface area contributed by atoms with Crippen molar-refractivity contribution in [3.05, 3.63) is 66.3 Å². The number of para-hydroxylation sites is 1. The summed E-state index contributed by atoms with van der Waals surface area (Å²) in [6.07, 6.45) is 0.985. The summed E-state index contributed by atoms with van der Waals surface area (Å²) < 4.78 is 41.2. The first kappa shape index (κ1) is 23.8. The van der Waals surface area contributed by atoms with Gasteiger partial charge in [-0.1, -0.05) is 18.2 Å². The van der Waals surface area contributed by atoms with Crippen LogP contribution in [0, 0.1) is 11.6 Å². The summed E-state index contributed by atoms with van der Waals surface area (Å²) in [4.78, 5) is 19.1. The lowest BCUT2D eigenvalue weighted by atomic mass is 10.2. The van der Waals surface area contributed by atoms with E-state index in [9.17, 15) is 18.4 Å². The molecule has 11 heteroatoms. The number of aliphatic carboxylic acids is 2. The molecule has 0 bridgehead atoms. The Kier molecular flexibility index (Phi) is 8.06. The number of hydrogen-bond donors (Lipinski definition) is 3. The van der Waals surface area contributed by atoms with Crippen molar-refractivity contribution in [1.29, 1.82) is 0 Å². The van der Waals surface area contributed by atoms with Crippen molar-refractivity contribution in [2.45, 2.75) is 6.10 Å². The fraction of sp³-hybridized carbons (Fsp3) is 0.227. The van der Waals surface area contributed by atoms with E-state index in [4.69, 9.17) is 19.7 Å². The molecule has 1 saturated heterocycles. The van der Waals surface area contributed by atoms with E-state index in [2.05, 4.69) is 10.4 Å². The zero-order chi connectivity index (χ0) is 23.8. The second kappa shape index (κ2) is 11.2. The summed E-state index contributed by atoms with van der Waals surface area (Å²) in [7, 11) is 0. The Balaban J connectivity index is 0.000000331. The van der Waals surface area contributed by atoms with Gasteiger partial charge in [0.25, 0.3) is 0 Å². The molecule has 9 nitrogen and oxygen atoms in total. The van der Waals surface area contributed by atoms with Crippen molar-refractivity contribution in [2.24, 2.45) is 0 Å². The van der Waals surface area contributed by atoms with Crippen LogP contribution in [0.3, 0.4) is 0 Å². The van der Waals surface area contributed by atoms with E-state index in [1.807, 2.05) is 0 Å². The van der Waals surface area contributed by atoms with Gasteiger partial charge in [-0.2, -0.15) is 0 Å². The number of carboxylic acids is 2. The van der Waals surface area contributed by atoms with Gasteiger partial charge >= 0.3 is 11.9 Å². The SMILES string of the molecule is Fc1ccccc1-n1nc(OC[C@@H]2CNCCO2)c2c(F)cccc21.O=C(O)C=CC(=O)O. The summed E-state index contributed by atoms with van der Waals surface area (Å²) in [6, 6.07) is 10.8. The normalized spacial score (nSPS) is 15.8. The van der Waals surface area contributed by atoms with Gasteiger partial charge in [0.15, 0.2) is 0 Å². The Morgan fingerprint density at radius 3 is 2.45 bits per heavy atom. The molecule has 2 heterocycles. The highest BCUT2D eigenvalue weighted by Crippen LogP contribution is 2.30. The van der Waals surface area contributed by atoms with Crippen molar-refractivity contribution in [1.82, 2.24) is 15.1 Å². The minimum absolute atomic E-state index is 0.130. The second-order valence-corrected chi connectivity index (χ2v) is 6.82. The van der Waals surface area contributed by atoms with Crippen LogP contribution in [0.4, 0.5) is 8.78 Å². The zero-order valence-electron chi connectivity index (χ0n) is 17.3. The van der Waals surface area contributed by atoms with Crippen molar-refractivity contribution >= 4 is 22.8 Å². The van der Waals surface area contributed by atoms with Gasteiger partial charge < -0.3 is 25.0 Å². The molecule has 0 saturated carbocycles. The number of aromatic nitrogens is 2. The van der Waals surface area contributed by atoms with Crippen LogP contribution in [0.5, 0.6) is 5.88 Å². The van der Waals surface area contributed by atoms with Crippen molar-refractivity contribution in [3.8, 4) is 11.6 Å². The van der Waals surface area contributed by atoms with E-state index in [1.54, 1.807) is 30.3 Å².